The minimum Gasteiger partial charge on any atom is -0.267 e. The first kappa shape index (κ1) is 18.1. The van der Waals surface area contributed by atoms with Crippen molar-refractivity contribution in [2.75, 3.05) is 0 Å². The van der Waals surface area contributed by atoms with Crippen molar-refractivity contribution in [3.8, 4) is 11.3 Å². The molecule has 1 aromatic heterocycles. The summed E-state index contributed by atoms with van der Waals surface area (Å²) in [5.74, 6) is 0. The quantitative estimate of drug-likeness (QED) is 0.579. The SMILES string of the molecule is NS(=O)(=O)c1ccc(-c2nn(Cc3ccccc3)c(=O)c3ccccc23)cc1. The molecule has 4 rings (SSSR count). The Labute approximate surface area is 161 Å². The molecule has 2 N–H and O–H groups in total. The van der Waals surface area contributed by atoms with Crippen LogP contribution in [0.3, 0.4) is 0 Å². The fraction of sp³-hybridized carbons (Fsp3) is 0.0476. The Kier molecular flexibility index (Phi) is 4.54. The number of fused-ring (bicyclic) bond motifs is 1. The first-order valence-electron chi connectivity index (χ1n) is 8.60. The summed E-state index contributed by atoms with van der Waals surface area (Å²) >= 11 is 0. The number of rotatable bonds is 4. The summed E-state index contributed by atoms with van der Waals surface area (Å²) in [6.45, 7) is 0.340. The van der Waals surface area contributed by atoms with E-state index in [0.29, 0.717) is 28.6 Å². The minimum absolute atomic E-state index is 0.0261. The summed E-state index contributed by atoms with van der Waals surface area (Å²) in [5, 5.41) is 11.0. The zero-order valence-corrected chi connectivity index (χ0v) is 15.6. The van der Waals surface area contributed by atoms with Crippen LogP contribution in [0.15, 0.2) is 88.6 Å². The van der Waals surface area contributed by atoms with Crippen molar-refractivity contribution < 1.29 is 8.42 Å². The number of hydrogen-bond donors (Lipinski definition) is 1. The summed E-state index contributed by atoms with van der Waals surface area (Å²) in [7, 11) is -3.78. The van der Waals surface area contributed by atoms with Crippen LogP contribution in [0.5, 0.6) is 0 Å². The van der Waals surface area contributed by atoms with Crippen LogP contribution in [-0.2, 0) is 16.6 Å². The van der Waals surface area contributed by atoms with E-state index in [4.69, 9.17) is 5.14 Å². The van der Waals surface area contributed by atoms with Gasteiger partial charge in [0.2, 0.25) is 10.0 Å². The molecule has 0 aliphatic rings. The van der Waals surface area contributed by atoms with Crippen molar-refractivity contribution in [3.63, 3.8) is 0 Å². The summed E-state index contributed by atoms with van der Waals surface area (Å²) in [6.07, 6.45) is 0. The molecule has 0 aliphatic carbocycles. The Morgan fingerprint density at radius 2 is 1.43 bits per heavy atom. The molecule has 4 aromatic rings. The molecular weight excluding hydrogens is 374 g/mol. The summed E-state index contributed by atoms with van der Waals surface area (Å²) < 4.78 is 24.5. The van der Waals surface area contributed by atoms with Gasteiger partial charge in [0.15, 0.2) is 0 Å². The summed E-state index contributed by atoms with van der Waals surface area (Å²) in [5.41, 5.74) is 2.09. The zero-order valence-electron chi connectivity index (χ0n) is 14.8. The highest BCUT2D eigenvalue weighted by molar-refractivity contribution is 7.89. The lowest BCUT2D eigenvalue weighted by Gasteiger charge is -2.12. The van der Waals surface area contributed by atoms with Crippen molar-refractivity contribution in [2.45, 2.75) is 11.4 Å². The monoisotopic (exact) mass is 391 g/mol. The van der Waals surface area contributed by atoms with Gasteiger partial charge in [-0.2, -0.15) is 5.10 Å². The van der Waals surface area contributed by atoms with Gasteiger partial charge in [0.25, 0.3) is 5.56 Å². The van der Waals surface area contributed by atoms with Crippen LogP contribution in [0.2, 0.25) is 0 Å². The molecule has 0 bridgehead atoms. The van der Waals surface area contributed by atoms with Gasteiger partial charge in [0, 0.05) is 10.9 Å². The zero-order chi connectivity index (χ0) is 19.7. The molecule has 3 aromatic carbocycles. The lowest BCUT2D eigenvalue weighted by atomic mass is 10.1. The molecule has 0 unspecified atom stereocenters. The maximum Gasteiger partial charge on any atom is 0.274 e. The number of aromatic nitrogens is 2. The van der Waals surface area contributed by atoms with Crippen molar-refractivity contribution in [1.29, 1.82) is 0 Å². The molecule has 0 fully saturated rings. The van der Waals surface area contributed by atoms with E-state index in [2.05, 4.69) is 5.10 Å². The van der Waals surface area contributed by atoms with Gasteiger partial charge in [0.1, 0.15) is 0 Å². The molecule has 7 heteroatoms. The molecule has 6 nitrogen and oxygen atoms in total. The molecule has 1 heterocycles. The van der Waals surface area contributed by atoms with Gasteiger partial charge in [-0.05, 0) is 23.8 Å². The van der Waals surface area contributed by atoms with Gasteiger partial charge in [-0.15, -0.1) is 0 Å². The molecule has 0 saturated carbocycles. The second-order valence-electron chi connectivity index (χ2n) is 6.41. The average molecular weight is 391 g/mol. The van der Waals surface area contributed by atoms with E-state index in [1.807, 2.05) is 48.5 Å². The third-order valence-electron chi connectivity index (χ3n) is 4.50. The third kappa shape index (κ3) is 3.45. The number of nitrogens with zero attached hydrogens (tertiary/aromatic N) is 2. The van der Waals surface area contributed by atoms with E-state index in [-0.39, 0.29) is 10.5 Å². The third-order valence-corrected chi connectivity index (χ3v) is 5.43. The van der Waals surface area contributed by atoms with E-state index in [1.54, 1.807) is 18.2 Å². The van der Waals surface area contributed by atoms with Crippen molar-refractivity contribution in [3.05, 3.63) is 94.8 Å². The van der Waals surface area contributed by atoms with Gasteiger partial charge in [-0.25, -0.2) is 18.2 Å². The summed E-state index contributed by atoms with van der Waals surface area (Å²) in [4.78, 5) is 12.9. The van der Waals surface area contributed by atoms with Crippen LogP contribution in [0.25, 0.3) is 22.0 Å². The van der Waals surface area contributed by atoms with E-state index >= 15 is 0 Å². The molecular formula is C21H17N3O3S. The number of sulfonamides is 1. The average Bonchev–Trinajstić information content (AvgIpc) is 2.70. The molecule has 0 aliphatic heterocycles. The van der Waals surface area contributed by atoms with Gasteiger partial charge >= 0.3 is 0 Å². The van der Waals surface area contributed by atoms with Crippen LogP contribution in [-0.4, -0.2) is 18.2 Å². The second-order valence-corrected chi connectivity index (χ2v) is 7.97. The van der Waals surface area contributed by atoms with Crippen LogP contribution in [0, 0.1) is 0 Å². The predicted molar refractivity (Wildman–Crippen MR) is 108 cm³/mol. The topological polar surface area (TPSA) is 95.1 Å². The first-order valence-corrected chi connectivity index (χ1v) is 10.1. The smallest absolute Gasteiger partial charge is 0.267 e. The second kappa shape index (κ2) is 7.03. The number of hydrogen-bond acceptors (Lipinski definition) is 4. The molecule has 28 heavy (non-hydrogen) atoms. The maximum absolute atomic E-state index is 12.9. The van der Waals surface area contributed by atoms with Gasteiger partial charge in [-0.1, -0.05) is 60.7 Å². The normalized spacial score (nSPS) is 11.6. The number of primary sulfonamides is 1. The van der Waals surface area contributed by atoms with Crippen LogP contribution in [0.1, 0.15) is 5.56 Å². The first-order chi connectivity index (χ1) is 13.4. The lowest BCUT2D eigenvalue weighted by Crippen LogP contribution is -2.24. The van der Waals surface area contributed by atoms with Crippen LogP contribution >= 0.6 is 0 Å². The minimum atomic E-state index is -3.78. The highest BCUT2D eigenvalue weighted by atomic mass is 32.2. The fourth-order valence-electron chi connectivity index (χ4n) is 3.11. The molecule has 0 spiro atoms. The Morgan fingerprint density at radius 1 is 0.821 bits per heavy atom. The van der Waals surface area contributed by atoms with Crippen molar-refractivity contribution in [2.24, 2.45) is 5.14 Å². The Hall–Kier alpha value is -3.29. The van der Waals surface area contributed by atoms with Crippen molar-refractivity contribution in [1.82, 2.24) is 9.78 Å². The van der Waals surface area contributed by atoms with E-state index < -0.39 is 10.0 Å². The molecule has 0 atom stereocenters. The fourth-order valence-corrected chi connectivity index (χ4v) is 3.63. The van der Waals surface area contributed by atoms with E-state index in [9.17, 15) is 13.2 Å². The van der Waals surface area contributed by atoms with Gasteiger partial charge in [0.05, 0.1) is 22.5 Å². The Bertz CT molecular complexity index is 1310. The van der Waals surface area contributed by atoms with E-state index in [0.717, 1.165) is 5.56 Å². The predicted octanol–water partition coefficient (Wildman–Crippen LogP) is 2.76. The maximum atomic E-state index is 12.9. The van der Waals surface area contributed by atoms with E-state index in [1.165, 1.54) is 16.8 Å². The van der Waals surface area contributed by atoms with Crippen molar-refractivity contribution >= 4 is 20.8 Å². The molecule has 140 valence electrons. The van der Waals surface area contributed by atoms with Crippen LogP contribution in [0.4, 0.5) is 0 Å². The molecule has 0 amide bonds. The summed E-state index contributed by atoms with van der Waals surface area (Å²) in [6, 6.07) is 23.0. The number of nitrogens with two attached hydrogens (primary N) is 1. The lowest BCUT2D eigenvalue weighted by molar-refractivity contribution is 0.598. The Balaban J connectivity index is 1.90. The Morgan fingerprint density at radius 3 is 2.07 bits per heavy atom. The highest BCUT2D eigenvalue weighted by Crippen LogP contribution is 2.25. The number of benzene rings is 3. The van der Waals surface area contributed by atoms with Gasteiger partial charge < -0.3 is 0 Å². The highest BCUT2D eigenvalue weighted by Gasteiger charge is 2.14. The van der Waals surface area contributed by atoms with Crippen LogP contribution < -0.4 is 10.7 Å². The van der Waals surface area contributed by atoms with Gasteiger partial charge in [-0.3, -0.25) is 4.79 Å². The molecule has 0 saturated heterocycles. The largest absolute Gasteiger partial charge is 0.274 e. The molecule has 0 radical (unpaired) electrons. The standard InChI is InChI=1S/C21H17N3O3S/c22-28(26,27)17-12-10-16(11-13-17)20-18-8-4-5-9-19(18)21(25)24(23-20)14-15-6-2-1-3-7-15/h1-13H,14H2,(H2,22,26,27).